The van der Waals surface area contributed by atoms with Crippen molar-refractivity contribution in [1.82, 2.24) is 0 Å². The summed E-state index contributed by atoms with van der Waals surface area (Å²) in [5, 5.41) is 0. The first-order valence-corrected chi connectivity index (χ1v) is 0. The maximum Gasteiger partial charge on any atom is 2.00 e. The van der Waals surface area contributed by atoms with Crippen LogP contribution >= 0.6 is 0 Å². The van der Waals surface area contributed by atoms with Gasteiger partial charge in [-0.3, -0.25) is 0 Å². The van der Waals surface area contributed by atoms with Crippen LogP contribution in [0.4, 0.5) is 0 Å². The first-order valence-electron chi connectivity index (χ1n) is 0. The molecule has 0 amide bonds. The van der Waals surface area contributed by atoms with Gasteiger partial charge in [-0.25, -0.2) is 0 Å². The van der Waals surface area contributed by atoms with E-state index in [0.29, 0.717) is 0 Å². The van der Waals surface area contributed by atoms with Gasteiger partial charge in [0.25, 0.3) is 0 Å². The minimum atomic E-state index is 0. The quantitative estimate of drug-likeness (QED) is 0.294. The van der Waals surface area contributed by atoms with E-state index >= 15 is 0 Å². The van der Waals surface area contributed by atoms with Crippen molar-refractivity contribution in [2.45, 2.75) is 0 Å². The van der Waals surface area contributed by atoms with Crippen LogP contribution in [-0.4, -0.2) is 23.1 Å². The number of hydrogen-bond acceptors (Lipinski definition) is 0. The van der Waals surface area contributed by atoms with E-state index in [0.717, 1.165) is 0 Å². The molecule has 0 aromatic carbocycles. The van der Waals surface area contributed by atoms with Crippen molar-refractivity contribution in [3.8, 4) is 0 Å². The molecule has 0 fully saturated rings. The molecule has 0 aliphatic heterocycles. The van der Waals surface area contributed by atoms with Crippen LogP contribution in [0.2, 0.25) is 0 Å². The third kappa shape index (κ3) is 14.7. The van der Waals surface area contributed by atoms with Crippen molar-refractivity contribution in [2.24, 2.45) is 0 Å². The second-order valence-corrected chi connectivity index (χ2v) is 0. The van der Waals surface area contributed by atoms with E-state index in [1.54, 1.807) is 0 Å². The molecule has 0 N–H and O–H groups in total. The zero-order chi connectivity index (χ0) is 0. The third-order valence-corrected chi connectivity index (χ3v) is 0. The summed E-state index contributed by atoms with van der Waals surface area (Å²) in [6.45, 7) is 0. The van der Waals surface area contributed by atoms with Gasteiger partial charge in [0.05, 0.1) is 0 Å². The van der Waals surface area contributed by atoms with Gasteiger partial charge in [-0.1, -0.05) is 0 Å². The average molecular weight is 69.4 g/mol. The standard InChI is InChI=1S/3CH3.Mg/h3*1H3;/q3*-1;+2. The Kier molecular flexibility index (Phi) is 1410. The first kappa shape index (κ1) is 115. The van der Waals surface area contributed by atoms with Gasteiger partial charge in [0, 0.05) is 0 Å². The Labute approximate surface area is 45.8 Å². The molecular weight excluding hydrogens is 60.3 g/mol. The SMILES string of the molecule is [CH3-].[CH3-].[CH3-].[Mg+2]. The molecule has 0 nitrogen and oxygen atoms in total. The zero-order valence-electron chi connectivity index (χ0n) is 3.71. The molecule has 0 heterocycles. The van der Waals surface area contributed by atoms with Crippen molar-refractivity contribution in [1.29, 1.82) is 0 Å². The molecular formula is C3H9Mg-. The van der Waals surface area contributed by atoms with Crippen molar-refractivity contribution >= 4 is 23.1 Å². The fourth-order valence-electron chi connectivity index (χ4n) is 0. The van der Waals surface area contributed by atoms with Crippen LogP contribution in [0, 0.1) is 22.3 Å². The summed E-state index contributed by atoms with van der Waals surface area (Å²) < 4.78 is 0. The van der Waals surface area contributed by atoms with Crippen LogP contribution in [0.15, 0.2) is 0 Å². The topological polar surface area (TPSA) is 0 Å². The maximum absolute atomic E-state index is 0. The maximum atomic E-state index is 0. The Balaban J connectivity index is 0. The van der Waals surface area contributed by atoms with Gasteiger partial charge in [0.15, 0.2) is 0 Å². The average Bonchev–Trinajstić information content (AvgIpc) is 0. The van der Waals surface area contributed by atoms with Gasteiger partial charge in [-0.2, -0.15) is 0 Å². The molecule has 0 bridgehead atoms. The van der Waals surface area contributed by atoms with E-state index in [-0.39, 0.29) is 45.3 Å². The molecule has 0 rings (SSSR count). The van der Waals surface area contributed by atoms with E-state index in [2.05, 4.69) is 0 Å². The van der Waals surface area contributed by atoms with Crippen LogP contribution in [0.25, 0.3) is 0 Å². The van der Waals surface area contributed by atoms with E-state index in [9.17, 15) is 0 Å². The van der Waals surface area contributed by atoms with Crippen molar-refractivity contribution < 1.29 is 0 Å². The van der Waals surface area contributed by atoms with E-state index in [1.807, 2.05) is 0 Å². The van der Waals surface area contributed by atoms with Gasteiger partial charge in [0.2, 0.25) is 0 Å². The van der Waals surface area contributed by atoms with Crippen LogP contribution in [-0.2, 0) is 0 Å². The van der Waals surface area contributed by atoms with Crippen molar-refractivity contribution in [2.75, 3.05) is 0 Å². The summed E-state index contributed by atoms with van der Waals surface area (Å²) in [5.41, 5.74) is 0. The minimum absolute atomic E-state index is 0. The Morgan fingerprint density at radius 1 is 0.500 bits per heavy atom. The predicted octanol–water partition coefficient (Wildman–Crippen LogP) is 0.970. The monoisotopic (exact) mass is 69.1 g/mol. The first-order chi connectivity index (χ1) is 0. The Morgan fingerprint density at radius 3 is 0.500 bits per heavy atom. The smallest absolute Gasteiger partial charge is 0.358 e. The summed E-state index contributed by atoms with van der Waals surface area (Å²) in [4.78, 5) is 0. The van der Waals surface area contributed by atoms with E-state index < -0.39 is 0 Å². The number of rotatable bonds is 0. The molecule has 0 aliphatic carbocycles. The Bertz CT molecular complexity index is 3.25. The summed E-state index contributed by atoms with van der Waals surface area (Å²) >= 11 is 0. The molecule has 1 heteroatoms. The molecule has 0 aromatic rings. The Hall–Kier alpha value is 0.766. The van der Waals surface area contributed by atoms with Crippen LogP contribution in [0.5, 0.6) is 0 Å². The molecule has 24 valence electrons. The van der Waals surface area contributed by atoms with Gasteiger partial charge < -0.3 is 22.3 Å². The largest absolute Gasteiger partial charge is 2.00 e. The van der Waals surface area contributed by atoms with Gasteiger partial charge in [-0.05, 0) is 0 Å². The fraction of sp³-hybridized carbons (Fsp3) is 0. The van der Waals surface area contributed by atoms with Crippen LogP contribution in [0.3, 0.4) is 0 Å². The molecule has 4 heavy (non-hydrogen) atoms. The molecule has 0 saturated carbocycles. The zero-order valence-corrected chi connectivity index (χ0v) is 5.12. The van der Waals surface area contributed by atoms with Crippen molar-refractivity contribution in [3.63, 3.8) is 0 Å². The molecule has 0 atom stereocenters. The van der Waals surface area contributed by atoms with Crippen LogP contribution in [0.1, 0.15) is 0 Å². The summed E-state index contributed by atoms with van der Waals surface area (Å²) in [7, 11) is 0. The molecule has 0 radical (unpaired) electrons. The number of hydrogen-bond donors (Lipinski definition) is 0. The Morgan fingerprint density at radius 2 is 0.500 bits per heavy atom. The van der Waals surface area contributed by atoms with Gasteiger partial charge >= 0.3 is 23.1 Å². The second kappa shape index (κ2) is 49.1. The molecule has 0 aliphatic rings. The van der Waals surface area contributed by atoms with Gasteiger partial charge in [-0.15, -0.1) is 0 Å². The summed E-state index contributed by atoms with van der Waals surface area (Å²) in [6, 6.07) is 0. The van der Waals surface area contributed by atoms with E-state index in [1.165, 1.54) is 0 Å². The predicted molar refractivity (Wildman–Crippen MR) is 25.0 cm³/mol. The summed E-state index contributed by atoms with van der Waals surface area (Å²) in [5.74, 6) is 0. The third-order valence-electron chi connectivity index (χ3n) is 0. The molecule has 0 spiro atoms. The molecule has 0 saturated heterocycles. The van der Waals surface area contributed by atoms with Gasteiger partial charge in [0.1, 0.15) is 0 Å². The molecule has 0 unspecified atom stereocenters. The molecule has 0 aromatic heterocycles. The van der Waals surface area contributed by atoms with Crippen molar-refractivity contribution in [3.05, 3.63) is 22.3 Å². The minimum Gasteiger partial charge on any atom is -0.358 e. The normalized spacial score (nSPS) is 0. The fourth-order valence-corrected chi connectivity index (χ4v) is 0. The summed E-state index contributed by atoms with van der Waals surface area (Å²) in [6.07, 6.45) is 0. The van der Waals surface area contributed by atoms with E-state index in [4.69, 9.17) is 0 Å². The van der Waals surface area contributed by atoms with Crippen LogP contribution < -0.4 is 0 Å². The second-order valence-electron chi connectivity index (χ2n) is 0.